The summed E-state index contributed by atoms with van der Waals surface area (Å²) in [5, 5.41) is 8.62. The Bertz CT molecular complexity index is 1480. The van der Waals surface area contributed by atoms with Crippen LogP contribution in [-0.2, 0) is 0 Å². The van der Waals surface area contributed by atoms with Gasteiger partial charge >= 0.3 is 0 Å². The second-order valence-electron chi connectivity index (χ2n) is 6.96. The minimum Gasteiger partial charge on any atom is -0.335 e. The molecule has 2 N–H and O–H groups in total. The van der Waals surface area contributed by atoms with Gasteiger partial charge in [0, 0.05) is 41.3 Å². The number of nitrogens with one attached hydrogen (secondary N) is 2. The maximum atomic E-state index is 4.85. The van der Waals surface area contributed by atoms with Gasteiger partial charge in [-0.15, -0.1) is 0 Å². The highest BCUT2D eigenvalue weighted by Crippen LogP contribution is 2.32. The number of rotatable bonds is 3. The second-order valence-corrected chi connectivity index (χ2v) is 6.96. The van der Waals surface area contributed by atoms with Crippen LogP contribution in [0.2, 0.25) is 0 Å². The first kappa shape index (κ1) is 16.6. The predicted octanol–water partition coefficient (Wildman–Crippen LogP) is 4.63. The maximum Gasteiger partial charge on any atom is 0.159 e. The third kappa shape index (κ3) is 2.64. The van der Waals surface area contributed by atoms with E-state index in [9.17, 15) is 0 Å². The number of H-pyrrole nitrogens is 2. The van der Waals surface area contributed by atoms with Crippen LogP contribution in [0.25, 0.3) is 55.8 Å². The molecule has 0 bridgehead atoms. The molecule has 7 heteroatoms. The lowest BCUT2D eigenvalue weighted by atomic mass is 10.0. The molecule has 6 aromatic rings. The largest absolute Gasteiger partial charge is 0.335 e. The maximum absolute atomic E-state index is 4.85. The van der Waals surface area contributed by atoms with E-state index in [0.29, 0.717) is 5.82 Å². The van der Waals surface area contributed by atoms with Crippen molar-refractivity contribution in [1.29, 1.82) is 0 Å². The Labute approximate surface area is 170 Å². The molecule has 0 saturated heterocycles. The summed E-state index contributed by atoms with van der Waals surface area (Å²) in [6.07, 6.45) is 8.95. The summed E-state index contributed by atoms with van der Waals surface area (Å²) in [6.45, 7) is 0. The molecule has 5 aromatic heterocycles. The molecule has 5 heterocycles. The molecule has 0 amide bonds. The molecule has 30 heavy (non-hydrogen) atoms. The van der Waals surface area contributed by atoms with E-state index in [2.05, 4.69) is 42.3 Å². The first-order valence-electron chi connectivity index (χ1n) is 9.51. The number of aromatic nitrogens is 7. The van der Waals surface area contributed by atoms with E-state index in [1.807, 2.05) is 42.6 Å². The number of aromatic amines is 2. The van der Waals surface area contributed by atoms with Crippen LogP contribution in [0.1, 0.15) is 0 Å². The van der Waals surface area contributed by atoms with E-state index in [-0.39, 0.29) is 0 Å². The van der Waals surface area contributed by atoms with Gasteiger partial charge in [-0.2, -0.15) is 5.10 Å². The Morgan fingerprint density at radius 2 is 1.77 bits per heavy atom. The van der Waals surface area contributed by atoms with E-state index < -0.39 is 0 Å². The molecule has 0 spiro atoms. The van der Waals surface area contributed by atoms with Crippen molar-refractivity contribution in [3.05, 3.63) is 79.5 Å². The fourth-order valence-corrected chi connectivity index (χ4v) is 3.66. The van der Waals surface area contributed by atoms with Crippen LogP contribution in [0.5, 0.6) is 0 Å². The lowest BCUT2D eigenvalue weighted by molar-refractivity contribution is 1.11. The van der Waals surface area contributed by atoms with Gasteiger partial charge in [-0.3, -0.25) is 20.1 Å². The van der Waals surface area contributed by atoms with Gasteiger partial charge in [0.1, 0.15) is 11.2 Å². The molecule has 0 fully saturated rings. The van der Waals surface area contributed by atoms with Gasteiger partial charge in [0.15, 0.2) is 5.82 Å². The number of hydrogen-bond donors (Lipinski definition) is 2. The number of pyridine rings is 3. The van der Waals surface area contributed by atoms with E-state index in [1.165, 1.54) is 0 Å². The monoisotopic (exact) mass is 389 g/mol. The molecule has 0 unspecified atom stereocenters. The zero-order valence-electron chi connectivity index (χ0n) is 15.7. The SMILES string of the molecule is c1ccc(-c2cncc3[nH]c(-c4n[nH]c5ccc(-c6cccnc6)cc45)nc23)nc1. The predicted molar refractivity (Wildman–Crippen MR) is 115 cm³/mol. The third-order valence-corrected chi connectivity index (χ3v) is 5.12. The Balaban J connectivity index is 1.52. The van der Waals surface area contributed by atoms with Gasteiger partial charge in [-0.25, -0.2) is 4.98 Å². The zero-order valence-corrected chi connectivity index (χ0v) is 15.7. The van der Waals surface area contributed by atoms with E-state index in [4.69, 9.17) is 4.98 Å². The molecule has 6 rings (SSSR count). The summed E-state index contributed by atoms with van der Waals surface area (Å²) >= 11 is 0. The Hall–Kier alpha value is -4.39. The molecule has 0 aliphatic heterocycles. The Morgan fingerprint density at radius 1 is 0.767 bits per heavy atom. The number of benzene rings is 1. The van der Waals surface area contributed by atoms with Crippen LogP contribution in [0.3, 0.4) is 0 Å². The van der Waals surface area contributed by atoms with Crippen molar-refractivity contribution in [3.63, 3.8) is 0 Å². The van der Waals surface area contributed by atoms with Crippen molar-refractivity contribution in [2.75, 3.05) is 0 Å². The van der Waals surface area contributed by atoms with Crippen LogP contribution >= 0.6 is 0 Å². The minimum atomic E-state index is 0.685. The highest BCUT2D eigenvalue weighted by atomic mass is 15.1. The molecular formula is C23H15N7. The normalized spacial score (nSPS) is 11.3. The number of fused-ring (bicyclic) bond motifs is 2. The molecular weight excluding hydrogens is 374 g/mol. The molecule has 0 saturated carbocycles. The van der Waals surface area contributed by atoms with Crippen LogP contribution < -0.4 is 0 Å². The number of nitrogens with zero attached hydrogens (tertiary/aromatic N) is 5. The fourth-order valence-electron chi connectivity index (χ4n) is 3.66. The minimum absolute atomic E-state index is 0.685. The summed E-state index contributed by atoms with van der Waals surface area (Å²) in [5.41, 5.74) is 7.21. The van der Waals surface area contributed by atoms with Crippen molar-refractivity contribution in [2.45, 2.75) is 0 Å². The lowest BCUT2D eigenvalue weighted by Gasteiger charge is -2.01. The fraction of sp³-hybridized carbons (Fsp3) is 0. The lowest BCUT2D eigenvalue weighted by Crippen LogP contribution is -1.86. The summed E-state index contributed by atoms with van der Waals surface area (Å²) in [7, 11) is 0. The standard InChI is InChI=1S/C23H15N7/c1-2-9-26-18(5-1)17-12-25-13-20-21(17)28-23(27-20)22-16-10-14(6-7-19(16)29-30-22)15-4-3-8-24-11-15/h1-13H,(H,27,28)(H,29,30). The number of imidazole rings is 1. The van der Waals surface area contributed by atoms with Gasteiger partial charge < -0.3 is 4.98 Å². The first-order chi connectivity index (χ1) is 14.9. The van der Waals surface area contributed by atoms with Crippen LogP contribution in [-0.4, -0.2) is 35.1 Å². The van der Waals surface area contributed by atoms with Crippen molar-refractivity contribution in [2.24, 2.45) is 0 Å². The summed E-state index contributed by atoms with van der Waals surface area (Å²) < 4.78 is 0. The van der Waals surface area contributed by atoms with E-state index in [1.54, 1.807) is 24.8 Å². The van der Waals surface area contributed by atoms with Gasteiger partial charge in [-0.05, 0) is 35.9 Å². The van der Waals surface area contributed by atoms with Crippen molar-refractivity contribution < 1.29 is 0 Å². The molecule has 0 radical (unpaired) electrons. The van der Waals surface area contributed by atoms with Gasteiger partial charge in [0.2, 0.25) is 0 Å². The smallest absolute Gasteiger partial charge is 0.159 e. The zero-order chi connectivity index (χ0) is 19.9. The van der Waals surface area contributed by atoms with Crippen molar-refractivity contribution in [3.8, 4) is 33.9 Å². The van der Waals surface area contributed by atoms with Crippen molar-refractivity contribution in [1.82, 2.24) is 35.1 Å². The Morgan fingerprint density at radius 3 is 2.63 bits per heavy atom. The van der Waals surface area contributed by atoms with Gasteiger partial charge in [0.05, 0.1) is 22.9 Å². The Kier molecular flexibility index (Phi) is 3.64. The first-order valence-corrected chi connectivity index (χ1v) is 9.51. The highest BCUT2D eigenvalue weighted by molar-refractivity contribution is 5.97. The van der Waals surface area contributed by atoms with E-state index >= 15 is 0 Å². The third-order valence-electron chi connectivity index (χ3n) is 5.12. The highest BCUT2D eigenvalue weighted by Gasteiger charge is 2.16. The van der Waals surface area contributed by atoms with Gasteiger partial charge in [0.25, 0.3) is 0 Å². The second kappa shape index (κ2) is 6.59. The number of hydrogen-bond acceptors (Lipinski definition) is 5. The van der Waals surface area contributed by atoms with Crippen LogP contribution in [0.15, 0.2) is 79.5 Å². The molecule has 142 valence electrons. The average molecular weight is 389 g/mol. The quantitative estimate of drug-likeness (QED) is 0.460. The molecule has 0 atom stereocenters. The van der Waals surface area contributed by atoms with Crippen LogP contribution in [0, 0.1) is 0 Å². The molecule has 7 nitrogen and oxygen atoms in total. The summed E-state index contributed by atoms with van der Waals surface area (Å²) in [4.78, 5) is 21.2. The molecule has 0 aliphatic carbocycles. The summed E-state index contributed by atoms with van der Waals surface area (Å²) in [6, 6.07) is 16.0. The molecule has 0 aliphatic rings. The molecule has 1 aromatic carbocycles. The van der Waals surface area contributed by atoms with Crippen molar-refractivity contribution >= 4 is 21.9 Å². The average Bonchev–Trinajstić information content (AvgIpc) is 3.43. The summed E-state index contributed by atoms with van der Waals surface area (Å²) in [5.74, 6) is 0.685. The van der Waals surface area contributed by atoms with Gasteiger partial charge in [-0.1, -0.05) is 18.2 Å². The van der Waals surface area contributed by atoms with E-state index in [0.717, 1.165) is 50.0 Å². The van der Waals surface area contributed by atoms with Crippen LogP contribution in [0.4, 0.5) is 0 Å². The topological polar surface area (TPSA) is 96.0 Å².